The van der Waals surface area contributed by atoms with Gasteiger partial charge in [0, 0.05) is 24.3 Å². The molecule has 1 unspecified atom stereocenters. The molecule has 3 N–H and O–H groups in total. The summed E-state index contributed by atoms with van der Waals surface area (Å²) in [6, 6.07) is 5.38. The van der Waals surface area contributed by atoms with E-state index in [0.29, 0.717) is 30.3 Å². The fourth-order valence-electron chi connectivity index (χ4n) is 2.42. The quantitative estimate of drug-likeness (QED) is 0.822. The van der Waals surface area contributed by atoms with Crippen molar-refractivity contribution < 1.29 is 9.59 Å². The Morgan fingerprint density at radius 3 is 2.90 bits per heavy atom. The van der Waals surface area contributed by atoms with Gasteiger partial charge in [-0.1, -0.05) is 19.4 Å². The summed E-state index contributed by atoms with van der Waals surface area (Å²) < 4.78 is 0. The Balaban J connectivity index is 1.96. The van der Waals surface area contributed by atoms with Gasteiger partial charge in [0.2, 0.25) is 11.8 Å². The minimum absolute atomic E-state index is 0.0660. The SMILES string of the molecule is CCC1CC(=O)N(CC(=O)Nc2cc(N)ccc2C)C1. The minimum atomic E-state index is -0.177. The van der Waals surface area contributed by atoms with Crippen LogP contribution in [0, 0.1) is 12.8 Å². The Morgan fingerprint density at radius 2 is 2.25 bits per heavy atom. The molecule has 1 aromatic carbocycles. The Morgan fingerprint density at radius 1 is 1.50 bits per heavy atom. The van der Waals surface area contributed by atoms with E-state index in [2.05, 4.69) is 12.2 Å². The summed E-state index contributed by atoms with van der Waals surface area (Å²) in [5, 5.41) is 2.82. The average molecular weight is 275 g/mol. The maximum atomic E-state index is 12.0. The molecule has 2 amide bonds. The third-order valence-corrected chi connectivity index (χ3v) is 3.74. The van der Waals surface area contributed by atoms with Crippen LogP contribution in [0.2, 0.25) is 0 Å². The van der Waals surface area contributed by atoms with Crippen LogP contribution < -0.4 is 11.1 Å². The molecule has 2 rings (SSSR count). The number of likely N-dealkylation sites (tertiary alicyclic amines) is 1. The van der Waals surface area contributed by atoms with Crippen molar-refractivity contribution in [1.82, 2.24) is 4.90 Å². The van der Waals surface area contributed by atoms with Crippen LogP contribution in [-0.2, 0) is 9.59 Å². The Labute approximate surface area is 119 Å². The topological polar surface area (TPSA) is 75.4 Å². The van der Waals surface area contributed by atoms with E-state index in [9.17, 15) is 9.59 Å². The zero-order chi connectivity index (χ0) is 14.7. The van der Waals surface area contributed by atoms with Gasteiger partial charge in [-0.2, -0.15) is 0 Å². The number of carbonyl (C=O) groups excluding carboxylic acids is 2. The number of nitrogen functional groups attached to an aromatic ring is 1. The summed E-state index contributed by atoms with van der Waals surface area (Å²) in [4.78, 5) is 25.4. The molecular formula is C15H21N3O2. The van der Waals surface area contributed by atoms with Gasteiger partial charge in [0.15, 0.2) is 0 Å². The van der Waals surface area contributed by atoms with Gasteiger partial charge in [-0.05, 0) is 30.5 Å². The lowest BCUT2D eigenvalue weighted by atomic mass is 10.1. The van der Waals surface area contributed by atoms with E-state index < -0.39 is 0 Å². The molecule has 0 bridgehead atoms. The van der Waals surface area contributed by atoms with E-state index in [-0.39, 0.29) is 18.4 Å². The standard InChI is InChI=1S/C15H21N3O2/c1-3-11-6-15(20)18(8-11)9-14(19)17-13-7-12(16)5-4-10(13)2/h4-5,7,11H,3,6,8-9,16H2,1-2H3,(H,17,19). The number of aryl methyl sites for hydroxylation is 1. The number of hydrogen-bond acceptors (Lipinski definition) is 3. The highest BCUT2D eigenvalue weighted by Gasteiger charge is 2.29. The Bertz CT molecular complexity index is 528. The Kier molecular flexibility index (Phi) is 4.27. The smallest absolute Gasteiger partial charge is 0.244 e. The second-order valence-electron chi connectivity index (χ2n) is 5.38. The molecule has 1 aromatic rings. The molecule has 0 spiro atoms. The number of nitrogens with one attached hydrogen (secondary N) is 1. The zero-order valence-corrected chi connectivity index (χ0v) is 12.0. The average Bonchev–Trinajstić information content (AvgIpc) is 2.74. The highest BCUT2D eigenvalue weighted by Crippen LogP contribution is 2.21. The van der Waals surface area contributed by atoms with Crippen LogP contribution in [0.1, 0.15) is 25.3 Å². The number of rotatable bonds is 4. The summed E-state index contributed by atoms with van der Waals surface area (Å²) >= 11 is 0. The fraction of sp³-hybridized carbons (Fsp3) is 0.467. The lowest BCUT2D eigenvalue weighted by Crippen LogP contribution is -2.34. The lowest BCUT2D eigenvalue weighted by Gasteiger charge is -2.16. The van der Waals surface area contributed by atoms with Gasteiger partial charge in [0.1, 0.15) is 0 Å². The first-order valence-corrected chi connectivity index (χ1v) is 6.93. The summed E-state index contributed by atoms with van der Waals surface area (Å²) in [5.74, 6) is 0.268. The largest absolute Gasteiger partial charge is 0.399 e. The van der Waals surface area contributed by atoms with Gasteiger partial charge in [0.25, 0.3) is 0 Å². The Hall–Kier alpha value is -2.04. The van der Waals surface area contributed by atoms with Crippen molar-refractivity contribution in [2.75, 3.05) is 24.1 Å². The molecule has 5 heteroatoms. The van der Waals surface area contributed by atoms with Crippen molar-refractivity contribution >= 4 is 23.2 Å². The molecule has 1 aliphatic rings. The van der Waals surface area contributed by atoms with Crippen molar-refractivity contribution in [3.05, 3.63) is 23.8 Å². The van der Waals surface area contributed by atoms with Gasteiger partial charge < -0.3 is 16.0 Å². The van der Waals surface area contributed by atoms with Crippen LogP contribution in [0.3, 0.4) is 0 Å². The lowest BCUT2D eigenvalue weighted by molar-refractivity contribution is -0.131. The molecule has 1 fully saturated rings. The summed E-state index contributed by atoms with van der Waals surface area (Å²) in [6.45, 7) is 4.77. The number of hydrogen-bond donors (Lipinski definition) is 2. The molecule has 1 saturated heterocycles. The highest BCUT2D eigenvalue weighted by atomic mass is 16.2. The summed E-state index contributed by atoms with van der Waals surface area (Å²) in [7, 11) is 0. The van der Waals surface area contributed by atoms with E-state index in [0.717, 1.165) is 12.0 Å². The zero-order valence-electron chi connectivity index (χ0n) is 12.0. The third kappa shape index (κ3) is 3.29. The highest BCUT2D eigenvalue weighted by molar-refractivity contribution is 5.95. The molecule has 1 heterocycles. The number of nitrogens with zero attached hydrogens (tertiary/aromatic N) is 1. The molecule has 20 heavy (non-hydrogen) atoms. The number of benzene rings is 1. The van der Waals surface area contributed by atoms with Crippen LogP contribution in [-0.4, -0.2) is 29.8 Å². The second-order valence-corrected chi connectivity index (χ2v) is 5.38. The van der Waals surface area contributed by atoms with E-state index in [1.165, 1.54) is 0 Å². The first-order valence-electron chi connectivity index (χ1n) is 6.93. The van der Waals surface area contributed by atoms with Gasteiger partial charge in [0.05, 0.1) is 6.54 Å². The summed E-state index contributed by atoms with van der Waals surface area (Å²) in [6.07, 6.45) is 1.53. The predicted octanol–water partition coefficient (Wildman–Crippen LogP) is 1.77. The number of amides is 2. The molecule has 0 radical (unpaired) electrons. The van der Waals surface area contributed by atoms with Gasteiger partial charge >= 0.3 is 0 Å². The molecular weight excluding hydrogens is 254 g/mol. The maximum Gasteiger partial charge on any atom is 0.244 e. The van der Waals surface area contributed by atoms with Crippen molar-refractivity contribution in [3.8, 4) is 0 Å². The number of nitrogens with two attached hydrogens (primary N) is 1. The predicted molar refractivity (Wildman–Crippen MR) is 79.2 cm³/mol. The van der Waals surface area contributed by atoms with E-state index in [4.69, 9.17) is 5.73 Å². The monoisotopic (exact) mass is 275 g/mol. The maximum absolute atomic E-state index is 12.0. The normalized spacial score (nSPS) is 18.4. The molecule has 1 atom stereocenters. The molecule has 1 aliphatic heterocycles. The van der Waals surface area contributed by atoms with Crippen LogP contribution >= 0.6 is 0 Å². The summed E-state index contributed by atoms with van der Waals surface area (Å²) in [5.41, 5.74) is 7.97. The van der Waals surface area contributed by atoms with Crippen molar-refractivity contribution in [1.29, 1.82) is 0 Å². The molecule has 108 valence electrons. The molecule has 5 nitrogen and oxygen atoms in total. The number of anilines is 2. The molecule has 0 aliphatic carbocycles. The van der Waals surface area contributed by atoms with Crippen LogP contribution in [0.15, 0.2) is 18.2 Å². The van der Waals surface area contributed by atoms with E-state index in [1.807, 2.05) is 13.0 Å². The van der Waals surface area contributed by atoms with Crippen molar-refractivity contribution in [2.45, 2.75) is 26.7 Å². The van der Waals surface area contributed by atoms with Crippen LogP contribution in [0.5, 0.6) is 0 Å². The fourth-order valence-corrected chi connectivity index (χ4v) is 2.42. The molecule has 0 saturated carbocycles. The molecule has 0 aromatic heterocycles. The van der Waals surface area contributed by atoms with Crippen LogP contribution in [0.4, 0.5) is 11.4 Å². The van der Waals surface area contributed by atoms with Crippen molar-refractivity contribution in [3.63, 3.8) is 0 Å². The minimum Gasteiger partial charge on any atom is -0.399 e. The van der Waals surface area contributed by atoms with Gasteiger partial charge in [-0.25, -0.2) is 0 Å². The first kappa shape index (κ1) is 14.4. The van der Waals surface area contributed by atoms with Gasteiger partial charge in [-0.3, -0.25) is 9.59 Å². The van der Waals surface area contributed by atoms with E-state index >= 15 is 0 Å². The number of carbonyl (C=O) groups is 2. The third-order valence-electron chi connectivity index (χ3n) is 3.74. The van der Waals surface area contributed by atoms with E-state index in [1.54, 1.807) is 17.0 Å². The van der Waals surface area contributed by atoms with Gasteiger partial charge in [-0.15, -0.1) is 0 Å². The van der Waals surface area contributed by atoms with Crippen LogP contribution in [0.25, 0.3) is 0 Å². The first-order chi connectivity index (χ1) is 9.49. The second kappa shape index (κ2) is 5.94. The van der Waals surface area contributed by atoms with Crippen molar-refractivity contribution in [2.24, 2.45) is 5.92 Å².